The third-order valence-corrected chi connectivity index (χ3v) is 2.75. The normalized spacial score (nSPS) is 10.7. The Bertz CT molecular complexity index is 580. The van der Waals surface area contributed by atoms with Crippen molar-refractivity contribution in [1.82, 2.24) is 0 Å². The number of phenols is 1. The first-order chi connectivity index (χ1) is 8.66. The lowest BCUT2D eigenvalue weighted by molar-refractivity contribution is 0.104. The van der Waals surface area contributed by atoms with Crippen LogP contribution in [0.1, 0.15) is 21.5 Å². The first-order valence-corrected chi connectivity index (χ1v) is 5.74. The summed E-state index contributed by atoms with van der Waals surface area (Å²) >= 11 is 0. The average Bonchev–Trinajstić information content (AvgIpc) is 2.38. The van der Waals surface area contributed by atoms with Gasteiger partial charge >= 0.3 is 0 Å². The minimum absolute atomic E-state index is 0.0711. The van der Waals surface area contributed by atoms with Crippen LogP contribution in [0.2, 0.25) is 0 Å². The molecule has 90 valence electrons. The molecule has 0 bridgehead atoms. The van der Waals surface area contributed by atoms with Crippen LogP contribution in [-0.4, -0.2) is 10.9 Å². The molecule has 0 aromatic heterocycles. The second-order valence-corrected chi connectivity index (χ2v) is 4.10. The van der Waals surface area contributed by atoms with E-state index < -0.39 is 0 Å². The van der Waals surface area contributed by atoms with Gasteiger partial charge in [0.25, 0.3) is 0 Å². The summed E-state index contributed by atoms with van der Waals surface area (Å²) in [7, 11) is 0. The second kappa shape index (κ2) is 5.32. The predicted molar refractivity (Wildman–Crippen MR) is 72.7 cm³/mol. The number of phenolic OH excluding ortho intramolecular Hbond substituents is 1. The molecule has 0 unspecified atom stereocenters. The van der Waals surface area contributed by atoms with Crippen LogP contribution >= 0.6 is 0 Å². The Kier molecular flexibility index (Phi) is 3.58. The van der Waals surface area contributed by atoms with Gasteiger partial charge in [-0.25, -0.2) is 0 Å². The third-order valence-electron chi connectivity index (χ3n) is 2.75. The number of hydrogen-bond acceptors (Lipinski definition) is 2. The molecule has 18 heavy (non-hydrogen) atoms. The minimum atomic E-state index is -0.0711. The van der Waals surface area contributed by atoms with Crippen molar-refractivity contribution < 1.29 is 9.90 Å². The zero-order valence-corrected chi connectivity index (χ0v) is 10.1. The van der Waals surface area contributed by atoms with Crippen molar-refractivity contribution in [3.8, 4) is 5.75 Å². The van der Waals surface area contributed by atoms with Crippen LogP contribution in [0.4, 0.5) is 0 Å². The van der Waals surface area contributed by atoms with Gasteiger partial charge in [0, 0.05) is 5.56 Å². The molecule has 2 aromatic carbocycles. The number of hydrogen-bond donors (Lipinski definition) is 1. The molecule has 0 fully saturated rings. The predicted octanol–water partition coefficient (Wildman–Crippen LogP) is 3.60. The summed E-state index contributed by atoms with van der Waals surface area (Å²) in [6, 6.07) is 14.1. The van der Waals surface area contributed by atoms with Crippen molar-refractivity contribution in [1.29, 1.82) is 0 Å². The Morgan fingerprint density at radius 1 is 1.06 bits per heavy atom. The summed E-state index contributed by atoms with van der Waals surface area (Å²) in [4.78, 5) is 11.9. The highest BCUT2D eigenvalue weighted by Crippen LogP contribution is 2.12. The van der Waals surface area contributed by atoms with Crippen molar-refractivity contribution in [2.45, 2.75) is 6.92 Å². The molecule has 2 aromatic rings. The van der Waals surface area contributed by atoms with E-state index in [0.717, 1.165) is 11.1 Å². The molecule has 0 atom stereocenters. The maximum Gasteiger partial charge on any atom is 0.185 e. The van der Waals surface area contributed by atoms with Crippen molar-refractivity contribution in [3.05, 3.63) is 71.3 Å². The van der Waals surface area contributed by atoms with E-state index >= 15 is 0 Å². The standard InChI is InChI=1S/C16H14O2/c1-12-4-2-3-5-13(12)8-11-16(18)14-6-9-15(17)10-7-14/h2-11,17H,1H3/b11-8+. The van der Waals surface area contributed by atoms with Gasteiger partial charge in [0.15, 0.2) is 5.78 Å². The molecular formula is C16H14O2. The Morgan fingerprint density at radius 2 is 1.72 bits per heavy atom. The first kappa shape index (κ1) is 12.1. The zero-order valence-electron chi connectivity index (χ0n) is 10.1. The molecule has 0 saturated carbocycles. The van der Waals surface area contributed by atoms with Gasteiger partial charge in [-0.2, -0.15) is 0 Å². The number of rotatable bonds is 3. The molecule has 0 saturated heterocycles. The van der Waals surface area contributed by atoms with E-state index in [4.69, 9.17) is 5.11 Å². The average molecular weight is 238 g/mol. The fourth-order valence-corrected chi connectivity index (χ4v) is 1.66. The molecule has 0 heterocycles. The van der Waals surface area contributed by atoms with Gasteiger partial charge in [0.2, 0.25) is 0 Å². The Hall–Kier alpha value is -2.35. The molecule has 0 aliphatic heterocycles. The van der Waals surface area contributed by atoms with Gasteiger partial charge in [-0.15, -0.1) is 0 Å². The molecule has 0 amide bonds. The van der Waals surface area contributed by atoms with Crippen molar-refractivity contribution >= 4 is 11.9 Å². The fourth-order valence-electron chi connectivity index (χ4n) is 1.66. The smallest absolute Gasteiger partial charge is 0.185 e. The zero-order chi connectivity index (χ0) is 13.0. The highest BCUT2D eigenvalue weighted by Gasteiger charge is 2.01. The maximum atomic E-state index is 11.9. The quantitative estimate of drug-likeness (QED) is 0.655. The summed E-state index contributed by atoms with van der Waals surface area (Å²) in [5.74, 6) is 0.0905. The number of carbonyl (C=O) groups is 1. The lowest BCUT2D eigenvalue weighted by Gasteiger charge is -1.99. The van der Waals surface area contributed by atoms with Gasteiger partial charge in [-0.05, 0) is 48.4 Å². The molecule has 2 rings (SSSR count). The number of benzene rings is 2. The van der Waals surface area contributed by atoms with E-state index in [1.165, 1.54) is 12.1 Å². The highest BCUT2D eigenvalue weighted by atomic mass is 16.3. The summed E-state index contributed by atoms with van der Waals surface area (Å²) < 4.78 is 0. The lowest BCUT2D eigenvalue weighted by atomic mass is 10.1. The largest absolute Gasteiger partial charge is 0.508 e. The first-order valence-electron chi connectivity index (χ1n) is 5.74. The molecular weight excluding hydrogens is 224 g/mol. The fraction of sp³-hybridized carbons (Fsp3) is 0.0625. The summed E-state index contributed by atoms with van der Waals surface area (Å²) in [5.41, 5.74) is 2.73. The Balaban J connectivity index is 2.17. The molecule has 0 aliphatic carbocycles. The van der Waals surface area contributed by atoms with Crippen LogP contribution in [0.5, 0.6) is 5.75 Å². The summed E-state index contributed by atoms with van der Waals surface area (Å²) in [6.07, 6.45) is 3.36. The number of aromatic hydroxyl groups is 1. The van der Waals surface area contributed by atoms with Crippen molar-refractivity contribution in [3.63, 3.8) is 0 Å². The van der Waals surface area contributed by atoms with Crippen molar-refractivity contribution in [2.75, 3.05) is 0 Å². The van der Waals surface area contributed by atoms with Crippen LogP contribution < -0.4 is 0 Å². The van der Waals surface area contributed by atoms with E-state index in [9.17, 15) is 4.79 Å². The van der Waals surface area contributed by atoms with Crippen LogP contribution in [0.3, 0.4) is 0 Å². The van der Waals surface area contributed by atoms with E-state index in [1.807, 2.05) is 37.3 Å². The number of ketones is 1. The van der Waals surface area contributed by atoms with Crippen LogP contribution in [0.15, 0.2) is 54.6 Å². The van der Waals surface area contributed by atoms with E-state index in [-0.39, 0.29) is 11.5 Å². The van der Waals surface area contributed by atoms with E-state index in [1.54, 1.807) is 18.2 Å². The minimum Gasteiger partial charge on any atom is -0.508 e. The molecule has 0 radical (unpaired) electrons. The molecule has 2 nitrogen and oxygen atoms in total. The van der Waals surface area contributed by atoms with Crippen LogP contribution in [0, 0.1) is 6.92 Å². The van der Waals surface area contributed by atoms with Gasteiger partial charge in [-0.3, -0.25) is 4.79 Å². The van der Waals surface area contributed by atoms with Gasteiger partial charge in [0.05, 0.1) is 0 Å². The SMILES string of the molecule is Cc1ccccc1/C=C/C(=O)c1ccc(O)cc1. The lowest BCUT2D eigenvalue weighted by Crippen LogP contribution is -1.93. The van der Waals surface area contributed by atoms with E-state index in [2.05, 4.69) is 0 Å². The number of allylic oxidation sites excluding steroid dienone is 1. The number of aryl methyl sites for hydroxylation is 1. The highest BCUT2D eigenvalue weighted by molar-refractivity contribution is 6.06. The van der Waals surface area contributed by atoms with Crippen LogP contribution in [-0.2, 0) is 0 Å². The second-order valence-electron chi connectivity index (χ2n) is 4.10. The molecule has 1 N–H and O–H groups in total. The number of carbonyl (C=O) groups excluding carboxylic acids is 1. The summed E-state index contributed by atoms with van der Waals surface area (Å²) in [6.45, 7) is 2.00. The van der Waals surface area contributed by atoms with Gasteiger partial charge in [0.1, 0.15) is 5.75 Å². The molecule has 0 aliphatic rings. The van der Waals surface area contributed by atoms with E-state index in [0.29, 0.717) is 5.56 Å². The molecule has 0 spiro atoms. The third kappa shape index (κ3) is 2.86. The van der Waals surface area contributed by atoms with Crippen LogP contribution in [0.25, 0.3) is 6.08 Å². The van der Waals surface area contributed by atoms with Gasteiger partial charge < -0.3 is 5.11 Å². The van der Waals surface area contributed by atoms with Crippen molar-refractivity contribution in [2.24, 2.45) is 0 Å². The molecule has 2 heteroatoms. The van der Waals surface area contributed by atoms with Gasteiger partial charge in [-0.1, -0.05) is 30.3 Å². The Labute approximate surface area is 106 Å². The maximum absolute atomic E-state index is 11.9. The summed E-state index contributed by atoms with van der Waals surface area (Å²) in [5, 5.41) is 9.15. The topological polar surface area (TPSA) is 37.3 Å². The Morgan fingerprint density at radius 3 is 2.39 bits per heavy atom. The monoisotopic (exact) mass is 238 g/mol.